The van der Waals surface area contributed by atoms with Gasteiger partial charge in [-0.1, -0.05) is 97.1 Å². The van der Waals surface area contributed by atoms with Crippen molar-refractivity contribution in [3.05, 3.63) is 158 Å². The van der Waals surface area contributed by atoms with Gasteiger partial charge in [0, 0.05) is 49.3 Å². The zero-order valence-corrected chi connectivity index (χ0v) is 27.1. The summed E-state index contributed by atoms with van der Waals surface area (Å²) < 4.78 is 15.4. The molecule has 0 radical (unpaired) electrons. The maximum atomic E-state index is 6.67. The highest BCUT2D eigenvalue weighted by molar-refractivity contribution is 6.22. The van der Waals surface area contributed by atoms with E-state index in [2.05, 4.69) is 83.4 Å². The van der Waals surface area contributed by atoms with Gasteiger partial charge in [0.1, 0.15) is 22.3 Å². The van der Waals surface area contributed by atoms with Crippen LogP contribution in [0.4, 0.5) is 0 Å². The molecule has 6 nitrogen and oxygen atoms in total. The number of benzene rings is 7. The maximum Gasteiger partial charge on any atom is 0.164 e. The first-order chi connectivity index (χ1) is 25.3. The Morgan fingerprint density at radius 2 is 0.922 bits per heavy atom. The molecule has 0 aliphatic rings. The Morgan fingerprint density at radius 1 is 0.373 bits per heavy atom. The van der Waals surface area contributed by atoms with E-state index in [0.29, 0.717) is 17.5 Å². The molecule has 0 atom stereocenters. The number of rotatable bonds is 4. The lowest BCUT2D eigenvalue weighted by molar-refractivity contribution is 0.663. The van der Waals surface area contributed by atoms with E-state index >= 15 is 0 Å². The van der Waals surface area contributed by atoms with Gasteiger partial charge in [-0.25, -0.2) is 15.0 Å². The van der Waals surface area contributed by atoms with Crippen molar-refractivity contribution in [2.75, 3.05) is 0 Å². The van der Waals surface area contributed by atoms with Crippen molar-refractivity contribution in [3.8, 4) is 39.9 Å². The van der Waals surface area contributed by atoms with Gasteiger partial charge in [-0.15, -0.1) is 0 Å². The minimum atomic E-state index is 0.589. The van der Waals surface area contributed by atoms with Crippen LogP contribution in [-0.2, 0) is 0 Å². The number of hydrogen-bond acceptors (Lipinski definition) is 5. The molecular weight excluding hydrogens is 629 g/mol. The summed E-state index contributed by atoms with van der Waals surface area (Å²) in [4.78, 5) is 14.8. The molecule has 238 valence electrons. The fourth-order valence-corrected chi connectivity index (χ4v) is 7.50. The minimum Gasteiger partial charge on any atom is -0.456 e. The number of furan rings is 2. The number of para-hydroxylation sites is 2. The van der Waals surface area contributed by atoms with Gasteiger partial charge in [0.2, 0.25) is 0 Å². The molecule has 0 aliphatic carbocycles. The highest BCUT2D eigenvalue weighted by atomic mass is 16.3. The molecule has 51 heavy (non-hydrogen) atoms. The van der Waals surface area contributed by atoms with Gasteiger partial charge in [-0.05, 0) is 60.7 Å². The fraction of sp³-hybridized carbons (Fsp3) is 0. The molecule has 4 aromatic heterocycles. The van der Waals surface area contributed by atoms with Gasteiger partial charge in [-0.2, -0.15) is 0 Å². The van der Waals surface area contributed by atoms with Gasteiger partial charge in [0.05, 0.1) is 16.4 Å². The first-order valence-corrected chi connectivity index (χ1v) is 16.9. The second-order valence-electron chi connectivity index (χ2n) is 12.8. The molecule has 0 amide bonds. The maximum absolute atomic E-state index is 6.67. The second-order valence-corrected chi connectivity index (χ2v) is 12.8. The van der Waals surface area contributed by atoms with E-state index in [4.69, 9.17) is 23.8 Å². The Hall–Kier alpha value is -7.05. The summed E-state index contributed by atoms with van der Waals surface area (Å²) in [6.07, 6.45) is 0. The van der Waals surface area contributed by atoms with E-state index in [1.807, 2.05) is 78.9 Å². The zero-order chi connectivity index (χ0) is 33.5. The van der Waals surface area contributed by atoms with Crippen LogP contribution >= 0.6 is 0 Å². The van der Waals surface area contributed by atoms with Crippen LogP contribution in [0.2, 0.25) is 0 Å². The van der Waals surface area contributed by atoms with E-state index < -0.39 is 0 Å². The summed E-state index contributed by atoms with van der Waals surface area (Å²) >= 11 is 0. The van der Waals surface area contributed by atoms with Gasteiger partial charge in [-0.3, -0.25) is 0 Å². The van der Waals surface area contributed by atoms with Crippen LogP contribution in [0, 0.1) is 0 Å². The lowest BCUT2D eigenvalue weighted by Gasteiger charge is -2.08. The second kappa shape index (κ2) is 10.7. The lowest BCUT2D eigenvalue weighted by atomic mass is 10.1. The number of aromatic nitrogens is 4. The van der Waals surface area contributed by atoms with Gasteiger partial charge in [0.15, 0.2) is 17.5 Å². The van der Waals surface area contributed by atoms with Crippen LogP contribution in [0.3, 0.4) is 0 Å². The number of hydrogen-bond donors (Lipinski definition) is 0. The van der Waals surface area contributed by atoms with Crippen molar-refractivity contribution in [1.82, 2.24) is 19.5 Å². The normalized spacial score (nSPS) is 11.9. The highest BCUT2D eigenvalue weighted by Crippen LogP contribution is 2.41. The topological polar surface area (TPSA) is 69.9 Å². The van der Waals surface area contributed by atoms with Gasteiger partial charge in [0.25, 0.3) is 0 Å². The molecule has 11 rings (SSSR count). The Balaban J connectivity index is 1.11. The van der Waals surface area contributed by atoms with Crippen molar-refractivity contribution >= 4 is 65.7 Å². The third-order valence-corrected chi connectivity index (χ3v) is 9.85. The first-order valence-electron chi connectivity index (χ1n) is 16.9. The van der Waals surface area contributed by atoms with Crippen molar-refractivity contribution in [2.45, 2.75) is 0 Å². The highest BCUT2D eigenvalue weighted by Gasteiger charge is 2.20. The Bertz CT molecular complexity index is 3030. The third kappa shape index (κ3) is 4.26. The minimum absolute atomic E-state index is 0.589. The van der Waals surface area contributed by atoms with Crippen molar-refractivity contribution < 1.29 is 8.83 Å². The van der Waals surface area contributed by atoms with Crippen LogP contribution in [0.15, 0.2) is 167 Å². The third-order valence-electron chi connectivity index (χ3n) is 9.85. The smallest absolute Gasteiger partial charge is 0.164 e. The van der Waals surface area contributed by atoms with Gasteiger partial charge < -0.3 is 13.4 Å². The van der Waals surface area contributed by atoms with Crippen LogP contribution in [-0.4, -0.2) is 19.5 Å². The van der Waals surface area contributed by atoms with Crippen LogP contribution in [0.1, 0.15) is 0 Å². The average Bonchev–Trinajstić information content (AvgIpc) is 3.87. The molecule has 7 aromatic carbocycles. The predicted octanol–water partition coefficient (Wildman–Crippen LogP) is 11.8. The van der Waals surface area contributed by atoms with Crippen LogP contribution in [0.5, 0.6) is 0 Å². The molecule has 0 spiro atoms. The summed E-state index contributed by atoms with van der Waals surface area (Å²) in [5.41, 5.74) is 9.30. The molecular formula is C45H26N4O2. The van der Waals surface area contributed by atoms with E-state index in [1.54, 1.807) is 0 Å². The molecule has 0 fully saturated rings. The first kappa shape index (κ1) is 27.9. The van der Waals surface area contributed by atoms with Crippen molar-refractivity contribution in [1.29, 1.82) is 0 Å². The summed E-state index contributed by atoms with van der Waals surface area (Å²) in [6, 6.07) is 53.9. The molecule has 6 heteroatoms. The average molecular weight is 655 g/mol. The Labute approximate surface area is 290 Å². The Kier molecular flexibility index (Phi) is 5.86. The van der Waals surface area contributed by atoms with Crippen LogP contribution < -0.4 is 0 Å². The summed E-state index contributed by atoms with van der Waals surface area (Å²) in [6.45, 7) is 0. The molecule has 0 saturated carbocycles. The molecule has 4 heterocycles. The van der Waals surface area contributed by atoms with E-state index in [1.165, 1.54) is 21.8 Å². The lowest BCUT2D eigenvalue weighted by Crippen LogP contribution is -2.00. The summed E-state index contributed by atoms with van der Waals surface area (Å²) in [5.74, 6) is 1.83. The molecule has 0 N–H and O–H groups in total. The van der Waals surface area contributed by atoms with E-state index in [0.717, 1.165) is 66.3 Å². The SMILES string of the molecule is c1ccc(-c2nc(-c3ccccc3)nc(-c3ccc4oc5ccc6c7cc(-n8c9ccccc9c9ccccc98)ccc7oc6c5c4c3)n2)cc1. The van der Waals surface area contributed by atoms with E-state index in [9.17, 15) is 0 Å². The molecule has 0 bridgehead atoms. The van der Waals surface area contributed by atoms with E-state index in [-0.39, 0.29) is 0 Å². The fourth-order valence-electron chi connectivity index (χ4n) is 7.50. The molecule has 0 saturated heterocycles. The molecule has 11 aromatic rings. The number of nitrogens with zero attached hydrogens (tertiary/aromatic N) is 4. The largest absolute Gasteiger partial charge is 0.456 e. The summed E-state index contributed by atoms with van der Waals surface area (Å²) in [5, 5.41) is 6.42. The quantitative estimate of drug-likeness (QED) is 0.189. The molecule has 0 unspecified atom stereocenters. The molecule has 0 aliphatic heterocycles. The monoisotopic (exact) mass is 654 g/mol. The van der Waals surface area contributed by atoms with Gasteiger partial charge >= 0.3 is 0 Å². The standard InChI is InChI=1S/C45H26N4O2/c1-3-11-27(12-4-1)43-46-44(28-13-5-2-6-14-28)48-45(47-43)29-19-22-39-35(25-29)41-40(50-39)24-21-33-34-26-30(20-23-38(34)51-42(33)41)49-36-17-9-7-15-31(36)32-16-8-10-18-37(32)49/h1-26H. The summed E-state index contributed by atoms with van der Waals surface area (Å²) in [7, 11) is 0. The zero-order valence-electron chi connectivity index (χ0n) is 27.1. The van der Waals surface area contributed by atoms with Crippen molar-refractivity contribution in [2.24, 2.45) is 0 Å². The predicted molar refractivity (Wildman–Crippen MR) is 205 cm³/mol. The van der Waals surface area contributed by atoms with Crippen molar-refractivity contribution in [3.63, 3.8) is 0 Å². The number of fused-ring (bicyclic) bond motifs is 10. The van der Waals surface area contributed by atoms with Crippen LogP contribution in [0.25, 0.3) is 106 Å². The Morgan fingerprint density at radius 3 is 1.59 bits per heavy atom.